The molecule has 0 spiro atoms. The lowest BCUT2D eigenvalue weighted by molar-refractivity contribution is 0.706. The topological polar surface area (TPSA) is 12.0 Å². The lowest BCUT2D eigenvalue weighted by atomic mass is 10.1. The van der Waals surface area contributed by atoms with Gasteiger partial charge in [-0.3, -0.25) is 0 Å². The van der Waals surface area contributed by atoms with Crippen molar-refractivity contribution in [2.24, 2.45) is 0 Å². The number of hydrogen-bond acceptors (Lipinski definition) is 1. The summed E-state index contributed by atoms with van der Waals surface area (Å²) in [6, 6.07) is 21.5. The van der Waals surface area contributed by atoms with E-state index in [4.69, 9.17) is 0 Å². The smallest absolute Gasteiger partial charge is 0.0342 e. The minimum absolute atomic E-state index is 0.498. The second kappa shape index (κ2) is 6.09. The fourth-order valence-electron chi connectivity index (χ4n) is 1.92. The van der Waals surface area contributed by atoms with Crippen LogP contribution in [0.5, 0.6) is 0 Å². The van der Waals surface area contributed by atoms with Crippen molar-refractivity contribution >= 4 is 5.69 Å². The molecule has 1 atom stereocenters. The number of anilines is 1. The highest BCUT2D eigenvalue weighted by atomic mass is 14.9. The second-order valence-corrected chi connectivity index (χ2v) is 4.44. The predicted molar refractivity (Wildman–Crippen MR) is 74.3 cm³/mol. The Kier molecular flexibility index (Phi) is 4.20. The van der Waals surface area contributed by atoms with Gasteiger partial charge < -0.3 is 5.32 Å². The molecule has 0 heterocycles. The van der Waals surface area contributed by atoms with E-state index in [9.17, 15) is 0 Å². The van der Waals surface area contributed by atoms with Crippen LogP contribution >= 0.6 is 0 Å². The summed E-state index contributed by atoms with van der Waals surface area (Å²) in [6.45, 7) is 2.23. The normalized spacial score (nSPS) is 12.1. The van der Waals surface area contributed by atoms with Gasteiger partial charge in [0.2, 0.25) is 0 Å². The van der Waals surface area contributed by atoms with Crippen LogP contribution in [0.2, 0.25) is 0 Å². The minimum Gasteiger partial charge on any atom is -0.383 e. The van der Waals surface area contributed by atoms with Crippen LogP contribution in [-0.2, 0) is 6.42 Å². The molecule has 0 bridgehead atoms. The van der Waals surface area contributed by atoms with Gasteiger partial charge in [-0.1, -0.05) is 48.5 Å². The van der Waals surface area contributed by atoms with Crippen LogP contribution in [0.25, 0.3) is 0 Å². The summed E-state index contributed by atoms with van der Waals surface area (Å²) in [4.78, 5) is 0. The zero-order valence-electron chi connectivity index (χ0n) is 10.3. The Hall–Kier alpha value is -1.76. The molecule has 0 aliphatic carbocycles. The van der Waals surface area contributed by atoms with Gasteiger partial charge in [-0.25, -0.2) is 0 Å². The molecule has 1 unspecified atom stereocenters. The third kappa shape index (κ3) is 3.95. The van der Waals surface area contributed by atoms with E-state index in [0.29, 0.717) is 6.04 Å². The number of nitrogens with one attached hydrogen (secondary N) is 1. The van der Waals surface area contributed by atoms with Crippen molar-refractivity contribution in [3.05, 3.63) is 66.2 Å². The molecule has 2 rings (SSSR count). The molecule has 2 aromatic carbocycles. The Bertz CT molecular complexity index is 422. The molecule has 0 aromatic heterocycles. The summed E-state index contributed by atoms with van der Waals surface area (Å²) in [6.07, 6.45) is 2.28. The van der Waals surface area contributed by atoms with Crippen molar-refractivity contribution in [1.29, 1.82) is 0 Å². The summed E-state index contributed by atoms with van der Waals surface area (Å²) in [5.41, 5.74) is 2.61. The maximum absolute atomic E-state index is 3.51. The molecule has 1 nitrogen and oxygen atoms in total. The largest absolute Gasteiger partial charge is 0.383 e. The number of para-hydroxylation sites is 1. The fourth-order valence-corrected chi connectivity index (χ4v) is 1.92. The van der Waals surface area contributed by atoms with Crippen molar-refractivity contribution in [3.63, 3.8) is 0 Å². The van der Waals surface area contributed by atoms with Crippen LogP contribution in [0, 0.1) is 0 Å². The lowest BCUT2D eigenvalue weighted by Gasteiger charge is -2.15. The van der Waals surface area contributed by atoms with E-state index in [-0.39, 0.29) is 0 Å². The standard InChI is InChI=1S/C16H19N/c1-14(17-16-10-6-3-7-11-16)12-13-15-8-4-2-5-9-15/h2-11,14,17H,12-13H2,1H3. The summed E-state index contributed by atoms with van der Waals surface area (Å²) >= 11 is 0. The number of aryl methyl sites for hydroxylation is 1. The van der Waals surface area contributed by atoms with E-state index in [1.54, 1.807) is 0 Å². The van der Waals surface area contributed by atoms with Gasteiger partial charge >= 0.3 is 0 Å². The maximum atomic E-state index is 3.51. The quantitative estimate of drug-likeness (QED) is 0.807. The molecule has 88 valence electrons. The Morgan fingerprint density at radius 1 is 0.882 bits per heavy atom. The zero-order chi connectivity index (χ0) is 11.9. The molecule has 0 aliphatic heterocycles. The van der Waals surface area contributed by atoms with Crippen molar-refractivity contribution in [2.75, 3.05) is 5.32 Å². The van der Waals surface area contributed by atoms with Crippen LogP contribution < -0.4 is 5.32 Å². The van der Waals surface area contributed by atoms with E-state index in [1.807, 2.05) is 6.07 Å². The Balaban J connectivity index is 1.80. The summed E-state index contributed by atoms with van der Waals surface area (Å²) in [5.74, 6) is 0. The maximum Gasteiger partial charge on any atom is 0.0342 e. The first kappa shape index (κ1) is 11.7. The molecule has 0 aliphatic rings. The van der Waals surface area contributed by atoms with Gasteiger partial charge in [0.15, 0.2) is 0 Å². The summed E-state index contributed by atoms with van der Waals surface area (Å²) in [7, 11) is 0. The van der Waals surface area contributed by atoms with Gasteiger partial charge in [0.05, 0.1) is 0 Å². The molecule has 1 heteroatoms. The van der Waals surface area contributed by atoms with Crippen LogP contribution in [0.1, 0.15) is 18.9 Å². The Morgan fingerprint density at radius 3 is 2.12 bits per heavy atom. The van der Waals surface area contributed by atoms with E-state index < -0.39 is 0 Å². The lowest BCUT2D eigenvalue weighted by Crippen LogP contribution is -2.15. The van der Waals surface area contributed by atoms with Crippen molar-refractivity contribution in [1.82, 2.24) is 0 Å². The van der Waals surface area contributed by atoms with Crippen LogP contribution in [0.15, 0.2) is 60.7 Å². The molecular formula is C16H19N. The number of rotatable bonds is 5. The van der Waals surface area contributed by atoms with Gasteiger partial charge in [-0.2, -0.15) is 0 Å². The second-order valence-electron chi connectivity index (χ2n) is 4.44. The SMILES string of the molecule is CC(CCc1ccccc1)Nc1ccccc1. The molecule has 0 fully saturated rings. The molecule has 2 aromatic rings. The van der Waals surface area contributed by atoms with Crippen LogP contribution in [0.4, 0.5) is 5.69 Å². The highest BCUT2D eigenvalue weighted by Crippen LogP contribution is 2.11. The van der Waals surface area contributed by atoms with Gasteiger partial charge in [0, 0.05) is 11.7 Å². The molecule has 0 saturated carbocycles. The Labute approximate surface area is 103 Å². The van der Waals surface area contributed by atoms with Gasteiger partial charge in [-0.15, -0.1) is 0 Å². The average Bonchev–Trinajstić information content (AvgIpc) is 2.39. The average molecular weight is 225 g/mol. The zero-order valence-corrected chi connectivity index (χ0v) is 10.3. The van der Waals surface area contributed by atoms with Crippen LogP contribution in [-0.4, -0.2) is 6.04 Å². The van der Waals surface area contributed by atoms with Crippen molar-refractivity contribution in [2.45, 2.75) is 25.8 Å². The van der Waals surface area contributed by atoms with Crippen LogP contribution in [0.3, 0.4) is 0 Å². The molecule has 0 amide bonds. The van der Waals surface area contributed by atoms with Crippen molar-refractivity contribution in [3.8, 4) is 0 Å². The fraction of sp³-hybridized carbons (Fsp3) is 0.250. The van der Waals surface area contributed by atoms with Gasteiger partial charge in [0.1, 0.15) is 0 Å². The van der Waals surface area contributed by atoms with E-state index >= 15 is 0 Å². The highest BCUT2D eigenvalue weighted by Gasteiger charge is 2.01. The molecule has 1 N–H and O–H groups in total. The number of hydrogen-bond donors (Lipinski definition) is 1. The highest BCUT2D eigenvalue weighted by molar-refractivity contribution is 5.43. The predicted octanol–water partition coefficient (Wildman–Crippen LogP) is 4.12. The van der Waals surface area contributed by atoms with Gasteiger partial charge in [-0.05, 0) is 37.5 Å². The molecular weight excluding hydrogens is 206 g/mol. The van der Waals surface area contributed by atoms with Crippen molar-refractivity contribution < 1.29 is 0 Å². The molecule has 17 heavy (non-hydrogen) atoms. The molecule has 0 radical (unpaired) electrons. The first-order chi connectivity index (χ1) is 8.34. The van der Waals surface area contributed by atoms with E-state index in [0.717, 1.165) is 12.8 Å². The third-order valence-electron chi connectivity index (χ3n) is 2.90. The molecule has 0 saturated heterocycles. The minimum atomic E-state index is 0.498. The van der Waals surface area contributed by atoms with E-state index in [1.165, 1.54) is 11.3 Å². The van der Waals surface area contributed by atoms with E-state index in [2.05, 4.69) is 66.8 Å². The number of benzene rings is 2. The summed E-state index contributed by atoms with van der Waals surface area (Å²) in [5, 5.41) is 3.51. The third-order valence-corrected chi connectivity index (χ3v) is 2.90. The monoisotopic (exact) mass is 225 g/mol. The first-order valence-corrected chi connectivity index (χ1v) is 6.20. The van der Waals surface area contributed by atoms with Gasteiger partial charge in [0.25, 0.3) is 0 Å². The summed E-state index contributed by atoms with van der Waals surface area (Å²) < 4.78 is 0. The Morgan fingerprint density at radius 2 is 1.47 bits per heavy atom. The first-order valence-electron chi connectivity index (χ1n) is 6.20.